The molecule has 0 aliphatic heterocycles. The van der Waals surface area contributed by atoms with Crippen molar-refractivity contribution in [2.24, 2.45) is 0 Å². The maximum Gasteiger partial charge on any atom is 0.0714 e. The van der Waals surface area contributed by atoms with Crippen LogP contribution in [0.25, 0.3) is 44.5 Å². The number of hydrogen-bond acceptors (Lipinski definition) is 1. The highest BCUT2D eigenvalue weighted by atomic mass is 15.1. The van der Waals surface area contributed by atoms with Crippen molar-refractivity contribution in [3.8, 4) is 44.5 Å². The number of rotatable bonds is 6. The van der Waals surface area contributed by atoms with Crippen LogP contribution in [0.3, 0.4) is 0 Å². The van der Waals surface area contributed by atoms with E-state index in [-0.39, 0.29) is 10.8 Å². The fourth-order valence-electron chi connectivity index (χ4n) is 13.7. The number of nitrogens with zero attached hydrogens (tertiary/aromatic N) is 1. The molecule has 0 N–H and O–H groups in total. The molecule has 0 aromatic heterocycles. The first-order valence-electron chi connectivity index (χ1n) is 24.3. The Morgan fingerprint density at radius 3 is 1.59 bits per heavy atom. The largest absolute Gasteiger partial charge is 0.309 e. The van der Waals surface area contributed by atoms with Gasteiger partial charge in [0.05, 0.1) is 16.8 Å². The minimum Gasteiger partial charge on any atom is -0.309 e. The molecule has 10 aromatic carbocycles. The number of benzene rings is 10. The summed E-state index contributed by atoms with van der Waals surface area (Å²) >= 11 is 0. The van der Waals surface area contributed by atoms with Crippen molar-refractivity contribution in [3.05, 3.63) is 292 Å². The zero-order valence-corrected chi connectivity index (χ0v) is 38.4. The second-order valence-electron chi connectivity index (χ2n) is 19.8. The van der Waals surface area contributed by atoms with Crippen molar-refractivity contribution in [2.75, 3.05) is 4.90 Å². The zero-order valence-electron chi connectivity index (χ0n) is 38.4. The van der Waals surface area contributed by atoms with E-state index in [0.717, 1.165) is 24.2 Å². The lowest BCUT2D eigenvalue weighted by molar-refractivity contribution is 0.626. The van der Waals surface area contributed by atoms with Crippen LogP contribution < -0.4 is 4.90 Å². The molecule has 10 aromatic rings. The van der Waals surface area contributed by atoms with Gasteiger partial charge in [0.1, 0.15) is 0 Å². The summed E-state index contributed by atoms with van der Waals surface area (Å²) in [6, 6.07) is 89.7. The molecule has 1 nitrogen and oxygen atoms in total. The van der Waals surface area contributed by atoms with Crippen molar-refractivity contribution in [2.45, 2.75) is 42.9 Å². The predicted octanol–water partition coefficient (Wildman–Crippen LogP) is 16.8. The minimum atomic E-state index is -0.539. The monoisotopic (exact) mass is 867 g/mol. The Bertz CT molecular complexity index is 3630. The molecule has 14 rings (SSSR count). The van der Waals surface area contributed by atoms with Gasteiger partial charge in [-0.05, 0) is 126 Å². The second-order valence-corrected chi connectivity index (χ2v) is 19.8. The molecule has 0 fully saturated rings. The summed E-state index contributed by atoms with van der Waals surface area (Å²) in [5.41, 5.74) is 26.5. The number of anilines is 3. The van der Waals surface area contributed by atoms with Crippen LogP contribution in [0.2, 0.25) is 0 Å². The minimum absolute atomic E-state index is 0.194. The summed E-state index contributed by atoms with van der Waals surface area (Å²) in [6.45, 7) is 4.82. The van der Waals surface area contributed by atoms with Gasteiger partial charge in [0.2, 0.25) is 0 Å². The van der Waals surface area contributed by atoms with Crippen molar-refractivity contribution in [1.29, 1.82) is 0 Å². The molecule has 0 amide bonds. The highest BCUT2D eigenvalue weighted by molar-refractivity contribution is 6.01. The molecule has 322 valence electrons. The van der Waals surface area contributed by atoms with Gasteiger partial charge in [-0.15, -0.1) is 0 Å². The van der Waals surface area contributed by atoms with Crippen molar-refractivity contribution in [3.63, 3.8) is 0 Å². The third-order valence-corrected chi connectivity index (χ3v) is 16.4. The first-order valence-corrected chi connectivity index (χ1v) is 24.3. The maximum atomic E-state index is 2.63. The summed E-state index contributed by atoms with van der Waals surface area (Å²) in [7, 11) is 0. The molecule has 0 bridgehead atoms. The van der Waals surface area contributed by atoms with Crippen molar-refractivity contribution >= 4 is 17.1 Å². The molecule has 0 saturated heterocycles. The predicted molar refractivity (Wildman–Crippen MR) is 282 cm³/mol. The van der Waals surface area contributed by atoms with E-state index >= 15 is 0 Å². The second kappa shape index (κ2) is 14.5. The lowest BCUT2D eigenvalue weighted by atomic mass is 9.68. The molecule has 4 aliphatic carbocycles. The third-order valence-electron chi connectivity index (χ3n) is 16.4. The molecule has 1 heteroatoms. The van der Waals surface area contributed by atoms with Gasteiger partial charge in [0, 0.05) is 27.6 Å². The van der Waals surface area contributed by atoms with Crippen LogP contribution in [0, 0.1) is 0 Å². The highest BCUT2D eigenvalue weighted by Crippen LogP contribution is 2.63. The highest BCUT2D eigenvalue weighted by Gasteiger charge is 2.50. The Kier molecular flexibility index (Phi) is 8.36. The van der Waals surface area contributed by atoms with Gasteiger partial charge in [-0.3, -0.25) is 0 Å². The lowest BCUT2D eigenvalue weighted by Crippen LogP contribution is -2.28. The molecule has 0 radical (unpaired) electrons. The standard InChI is InChI=1S/C67H49N/c1-65(2)56-33-15-10-27-49(56)52-30-19-31-53(64(52)65)51-28-13-18-37-61(51)68(47-39-40-50-48-26-11-16-34-57(48)66(60(50)43-47)42-41-44-21-9-14-32-55(44)66)62-38-20-36-59-63(62)54-29-12-17-35-58(54)67(59,45-22-5-3-6-23-45)46-24-7-4-8-25-46/h3-40,43H,41-42H2,1-2H3. The fourth-order valence-corrected chi connectivity index (χ4v) is 13.7. The molecule has 1 unspecified atom stereocenters. The topological polar surface area (TPSA) is 3.24 Å². The number of hydrogen-bond donors (Lipinski definition) is 0. The quantitative estimate of drug-likeness (QED) is 0.161. The maximum absolute atomic E-state index is 2.63. The first kappa shape index (κ1) is 39.2. The van der Waals surface area contributed by atoms with E-state index in [1.165, 1.54) is 106 Å². The van der Waals surface area contributed by atoms with E-state index in [0.29, 0.717) is 0 Å². The molecule has 0 heterocycles. The van der Waals surface area contributed by atoms with Crippen LogP contribution in [0.1, 0.15) is 75.9 Å². The third kappa shape index (κ3) is 5.11. The van der Waals surface area contributed by atoms with Gasteiger partial charge in [-0.1, -0.05) is 226 Å². The number of fused-ring (bicyclic) bond motifs is 13. The number of para-hydroxylation sites is 1. The Morgan fingerprint density at radius 2 is 0.853 bits per heavy atom. The normalized spacial score (nSPS) is 16.9. The van der Waals surface area contributed by atoms with Crippen LogP contribution in [0.4, 0.5) is 17.1 Å². The molecule has 68 heavy (non-hydrogen) atoms. The van der Waals surface area contributed by atoms with E-state index in [1.807, 2.05) is 0 Å². The van der Waals surface area contributed by atoms with Crippen molar-refractivity contribution < 1.29 is 0 Å². The van der Waals surface area contributed by atoms with Crippen LogP contribution in [0.5, 0.6) is 0 Å². The van der Waals surface area contributed by atoms with Gasteiger partial charge >= 0.3 is 0 Å². The smallest absolute Gasteiger partial charge is 0.0714 e. The Hall–Kier alpha value is -8.00. The van der Waals surface area contributed by atoms with E-state index in [1.54, 1.807) is 0 Å². The Labute approximate surface area is 399 Å². The Balaban J connectivity index is 1.08. The average Bonchev–Trinajstić information content (AvgIpc) is 4.10. The summed E-state index contributed by atoms with van der Waals surface area (Å²) in [5, 5.41) is 0. The average molecular weight is 868 g/mol. The molecule has 0 saturated carbocycles. The van der Waals surface area contributed by atoms with Crippen LogP contribution in [0.15, 0.2) is 237 Å². The summed E-state index contributed by atoms with van der Waals surface area (Å²) in [5.74, 6) is 0. The Morgan fingerprint density at radius 1 is 0.353 bits per heavy atom. The summed E-state index contributed by atoms with van der Waals surface area (Å²) in [6.07, 6.45) is 2.11. The van der Waals surface area contributed by atoms with Gasteiger partial charge in [0.25, 0.3) is 0 Å². The van der Waals surface area contributed by atoms with E-state index in [2.05, 4.69) is 255 Å². The van der Waals surface area contributed by atoms with Crippen molar-refractivity contribution in [1.82, 2.24) is 0 Å². The first-order chi connectivity index (χ1) is 33.5. The van der Waals surface area contributed by atoms with Gasteiger partial charge in [-0.2, -0.15) is 0 Å². The van der Waals surface area contributed by atoms with E-state index < -0.39 is 5.41 Å². The fraction of sp³-hybridized carbons (Fsp3) is 0.104. The van der Waals surface area contributed by atoms with Gasteiger partial charge in [0.15, 0.2) is 0 Å². The molecule has 4 aliphatic rings. The van der Waals surface area contributed by atoms with Crippen LogP contribution in [-0.2, 0) is 22.7 Å². The summed E-state index contributed by atoms with van der Waals surface area (Å²) < 4.78 is 0. The molecule has 1 atom stereocenters. The molecule has 1 spiro atoms. The van der Waals surface area contributed by atoms with Crippen LogP contribution >= 0.6 is 0 Å². The summed E-state index contributed by atoms with van der Waals surface area (Å²) in [4.78, 5) is 2.63. The van der Waals surface area contributed by atoms with E-state index in [4.69, 9.17) is 0 Å². The van der Waals surface area contributed by atoms with E-state index in [9.17, 15) is 0 Å². The van der Waals surface area contributed by atoms with Gasteiger partial charge in [-0.25, -0.2) is 0 Å². The zero-order chi connectivity index (χ0) is 45.2. The number of aryl methyl sites for hydroxylation is 1. The molecular weight excluding hydrogens is 819 g/mol. The lowest BCUT2D eigenvalue weighted by Gasteiger charge is -2.35. The SMILES string of the molecule is CC1(C)c2ccccc2-c2cccc(-c3ccccc3N(c3ccc4c(c3)C3(CCc5ccccc53)c3ccccc3-4)c3cccc4c3-c3ccccc3C4(c3ccccc3)c3ccccc3)c21. The van der Waals surface area contributed by atoms with Crippen LogP contribution in [-0.4, -0.2) is 0 Å². The molecular formula is C67H49N. The van der Waals surface area contributed by atoms with Gasteiger partial charge < -0.3 is 4.90 Å².